The summed E-state index contributed by atoms with van der Waals surface area (Å²) in [6, 6.07) is 0. The van der Waals surface area contributed by atoms with Crippen LogP contribution in [0.2, 0.25) is 0 Å². The fraction of sp³-hybridized carbons (Fsp3) is 0.915. The standard InChI is InChI=1S/C47H86O15/c1-3-5-7-9-11-13-15-17-18-20-22-24-26-28-30-39(50)60-35(32-57-38(49)29-27-25-23-21-19-16-14-12-10-8-6-4-2)33-58-46-45(56)43(54)41(52)37(62-46)34-59-47-44(55)42(53)40(51)36(31-48)61-47/h12,14,35-37,40-48,51-56H,3-11,13,15-34H2,1-2H3/b14-12+/t35-,36-,37-,40+,41+,42?,43?,44?,45?,46-,47-/m1/s1. The molecule has 15 heteroatoms. The molecule has 15 nitrogen and oxygen atoms in total. The van der Waals surface area contributed by atoms with E-state index in [2.05, 4.69) is 26.0 Å². The van der Waals surface area contributed by atoms with E-state index >= 15 is 0 Å². The summed E-state index contributed by atoms with van der Waals surface area (Å²) in [6.07, 6.45) is 15.3. The highest BCUT2D eigenvalue weighted by molar-refractivity contribution is 5.70. The number of esters is 2. The molecular weight excluding hydrogens is 805 g/mol. The van der Waals surface area contributed by atoms with E-state index in [1.165, 1.54) is 83.5 Å². The fourth-order valence-electron chi connectivity index (χ4n) is 7.68. The Morgan fingerprint density at radius 3 is 1.45 bits per heavy atom. The van der Waals surface area contributed by atoms with Crippen LogP contribution >= 0.6 is 0 Å². The molecule has 62 heavy (non-hydrogen) atoms. The van der Waals surface area contributed by atoms with Crippen molar-refractivity contribution >= 4 is 11.9 Å². The average Bonchev–Trinajstić information content (AvgIpc) is 3.26. The van der Waals surface area contributed by atoms with Gasteiger partial charge in [-0.25, -0.2) is 0 Å². The van der Waals surface area contributed by atoms with Gasteiger partial charge in [-0.15, -0.1) is 0 Å². The molecule has 0 aromatic carbocycles. The number of unbranched alkanes of at least 4 members (excludes halogenated alkanes) is 21. The Labute approximate surface area is 371 Å². The van der Waals surface area contributed by atoms with Crippen LogP contribution in [-0.4, -0.2) is 142 Å². The molecule has 2 fully saturated rings. The largest absolute Gasteiger partial charge is 0.462 e. The van der Waals surface area contributed by atoms with Crippen LogP contribution in [0.15, 0.2) is 12.2 Å². The van der Waals surface area contributed by atoms with Gasteiger partial charge in [-0.1, -0.05) is 142 Å². The summed E-state index contributed by atoms with van der Waals surface area (Å²) in [6.45, 7) is 2.56. The lowest BCUT2D eigenvalue weighted by Crippen LogP contribution is -2.61. The average molecular weight is 891 g/mol. The molecule has 4 unspecified atom stereocenters. The maximum Gasteiger partial charge on any atom is 0.306 e. The summed E-state index contributed by atoms with van der Waals surface area (Å²) >= 11 is 0. The Morgan fingerprint density at radius 2 is 0.919 bits per heavy atom. The lowest BCUT2D eigenvalue weighted by Gasteiger charge is -2.42. The number of hydrogen-bond acceptors (Lipinski definition) is 15. The van der Waals surface area contributed by atoms with Crippen LogP contribution in [0.1, 0.15) is 181 Å². The summed E-state index contributed by atoms with van der Waals surface area (Å²) in [7, 11) is 0. The van der Waals surface area contributed by atoms with Crippen molar-refractivity contribution < 1.29 is 73.8 Å². The highest BCUT2D eigenvalue weighted by Crippen LogP contribution is 2.26. The SMILES string of the molecule is CCCCC/C=C/CCCCCCCC(=O)OC[C@H](CO[C@@H]1O[C@H](CO[C@@H]2O[C@H](CO)[C@H](O)C(O)C2O)[C@H](O)C(O)C1O)OC(=O)CCCCCCCCCCCCCCCC. The Bertz CT molecular complexity index is 1140. The van der Waals surface area contributed by atoms with Gasteiger partial charge in [0.1, 0.15) is 55.4 Å². The predicted molar refractivity (Wildman–Crippen MR) is 234 cm³/mol. The first kappa shape index (κ1) is 56.4. The molecule has 0 amide bonds. The van der Waals surface area contributed by atoms with Crippen molar-refractivity contribution in [3.63, 3.8) is 0 Å². The summed E-state index contributed by atoms with van der Waals surface area (Å²) < 4.78 is 33.5. The normalized spacial score (nSPS) is 27.1. The molecular formula is C47H86O15. The number of allylic oxidation sites excluding steroid dienone is 2. The molecule has 0 spiro atoms. The topological polar surface area (TPSA) is 231 Å². The fourth-order valence-corrected chi connectivity index (χ4v) is 7.68. The van der Waals surface area contributed by atoms with E-state index in [4.69, 9.17) is 28.4 Å². The minimum absolute atomic E-state index is 0.169. The zero-order valence-corrected chi connectivity index (χ0v) is 38.1. The van der Waals surface area contributed by atoms with Crippen LogP contribution in [0.3, 0.4) is 0 Å². The second kappa shape index (κ2) is 35.5. The molecule has 2 aliphatic rings. The van der Waals surface area contributed by atoms with Gasteiger partial charge in [0.05, 0.1) is 19.8 Å². The molecule has 2 saturated heterocycles. The van der Waals surface area contributed by atoms with Crippen molar-refractivity contribution in [2.24, 2.45) is 0 Å². The third-order valence-corrected chi connectivity index (χ3v) is 11.7. The molecule has 2 aliphatic heterocycles. The number of ether oxygens (including phenoxy) is 6. The van der Waals surface area contributed by atoms with Crippen LogP contribution in [0.5, 0.6) is 0 Å². The number of aliphatic hydroxyl groups is 7. The van der Waals surface area contributed by atoms with Gasteiger partial charge in [-0.2, -0.15) is 0 Å². The van der Waals surface area contributed by atoms with E-state index in [9.17, 15) is 45.3 Å². The molecule has 0 radical (unpaired) electrons. The van der Waals surface area contributed by atoms with Crippen LogP contribution < -0.4 is 0 Å². The Kier molecular flexibility index (Phi) is 32.3. The van der Waals surface area contributed by atoms with Crippen molar-refractivity contribution in [1.29, 1.82) is 0 Å². The van der Waals surface area contributed by atoms with Crippen LogP contribution in [0, 0.1) is 0 Å². The first-order chi connectivity index (χ1) is 30.0. The third kappa shape index (κ3) is 24.0. The molecule has 0 aliphatic carbocycles. The van der Waals surface area contributed by atoms with E-state index in [0.29, 0.717) is 12.8 Å². The van der Waals surface area contributed by atoms with Crippen molar-refractivity contribution in [2.45, 2.75) is 248 Å². The monoisotopic (exact) mass is 891 g/mol. The molecule has 7 N–H and O–H groups in total. The molecule has 0 saturated carbocycles. The summed E-state index contributed by atoms with van der Waals surface area (Å²) in [4.78, 5) is 25.6. The molecule has 2 rings (SSSR count). The minimum atomic E-state index is -1.76. The minimum Gasteiger partial charge on any atom is -0.462 e. The van der Waals surface area contributed by atoms with Crippen molar-refractivity contribution in [3.8, 4) is 0 Å². The van der Waals surface area contributed by atoms with Gasteiger partial charge in [0.15, 0.2) is 18.7 Å². The number of hydrogen-bond donors (Lipinski definition) is 7. The van der Waals surface area contributed by atoms with Crippen LogP contribution in [0.4, 0.5) is 0 Å². The third-order valence-electron chi connectivity index (χ3n) is 11.7. The van der Waals surface area contributed by atoms with E-state index in [-0.39, 0.29) is 26.1 Å². The van der Waals surface area contributed by atoms with Gasteiger partial charge >= 0.3 is 11.9 Å². The van der Waals surface area contributed by atoms with Gasteiger partial charge in [0, 0.05) is 12.8 Å². The van der Waals surface area contributed by atoms with Gasteiger partial charge in [-0.3, -0.25) is 9.59 Å². The maximum absolute atomic E-state index is 13.0. The van der Waals surface area contributed by atoms with Crippen LogP contribution in [0.25, 0.3) is 0 Å². The smallest absolute Gasteiger partial charge is 0.306 e. The summed E-state index contributed by atoms with van der Waals surface area (Å²) in [5, 5.41) is 71.9. The number of carbonyl (C=O) groups excluding carboxylic acids is 2. The van der Waals surface area contributed by atoms with E-state index in [1.807, 2.05) is 0 Å². The van der Waals surface area contributed by atoms with Crippen molar-refractivity contribution in [1.82, 2.24) is 0 Å². The van der Waals surface area contributed by atoms with E-state index in [0.717, 1.165) is 57.8 Å². The quantitative estimate of drug-likeness (QED) is 0.0221. The number of carbonyl (C=O) groups is 2. The van der Waals surface area contributed by atoms with E-state index in [1.54, 1.807) is 0 Å². The second-order valence-corrected chi connectivity index (χ2v) is 17.3. The van der Waals surface area contributed by atoms with Gasteiger partial charge in [-0.05, 0) is 38.5 Å². The molecule has 11 atom stereocenters. The highest BCUT2D eigenvalue weighted by atomic mass is 16.7. The molecule has 0 bridgehead atoms. The lowest BCUT2D eigenvalue weighted by atomic mass is 9.98. The Balaban J connectivity index is 1.84. The zero-order chi connectivity index (χ0) is 45.4. The Hall–Kier alpha value is -1.76. The second-order valence-electron chi connectivity index (χ2n) is 17.3. The van der Waals surface area contributed by atoms with Crippen LogP contribution in [-0.2, 0) is 38.0 Å². The number of rotatable bonds is 37. The summed E-state index contributed by atoms with van der Waals surface area (Å²) in [5.41, 5.74) is 0. The van der Waals surface area contributed by atoms with Crippen molar-refractivity contribution in [3.05, 3.63) is 12.2 Å². The van der Waals surface area contributed by atoms with Gasteiger partial charge < -0.3 is 64.2 Å². The van der Waals surface area contributed by atoms with Gasteiger partial charge in [0.2, 0.25) is 0 Å². The zero-order valence-electron chi connectivity index (χ0n) is 38.1. The molecule has 0 aromatic heterocycles. The Morgan fingerprint density at radius 1 is 0.500 bits per heavy atom. The van der Waals surface area contributed by atoms with Crippen molar-refractivity contribution in [2.75, 3.05) is 26.4 Å². The molecule has 2 heterocycles. The lowest BCUT2D eigenvalue weighted by molar-refractivity contribution is -0.332. The predicted octanol–water partition coefficient (Wildman–Crippen LogP) is 5.82. The highest BCUT2D eigenvalue weighted by Gasteiger charge is 2.47. The molecule has 364 valence electrons. The summed E-state index contributed by atoms with van der Waals surface area (Å²) in [5.74, 6) is -0.929. The van der Waals surface area contributed by atoms with E-state index < -0.39 is 92.7 Å². The van der Waals surface area contributed by atoms with Gasteiger partial charge in [0.25, 0.3) is 0 Å². The first-order valence-electron chi connectivity index (χ1n) is 24.3. The first-order valence-corrected chi connectivity index (χ1v) is 24.3. The molecule has 0 aromatic rings. The maximum atomic E-state index is 13.0. The number of aliphatic hydroxyl groups excluding tert-OH is 7.